The van der Waals surface area contributed by atoms with Gasteiger partial charge in [-0.1, -0.05) is 0 Å². The Morgan fingerprint density at radius 1 is 1.09 bits per heavy atom. The molecule has 6 aliphatic rings. The largest absolute Gasteiger partial charge is 0.481 e. The average molecular weight is 712 g/mol. The third kappa shape index (κ3) is 7.30. The summed E-state index contributed by atoms with van der Waals surface area (Å²) in [5.41, 5.74) is 5.44. The number of rotatable bonds is 8. The van der Waals surface area contributed by atoms with Crippen LogP contribution in [0.2, 0.25) is 0 Å². The Morgan fingerprint density at radius 3 is 2.64 bits per heavy atom. The van der Waals surface area contributed by atoms with E-state index in [2.05, 4.69) is 27.6 Å². The van der Waals surface area contributed by atoms with Gasteiger partial charge in [-0.3, -0.25) is 24.5 Å². The quantitative estimate of drug-likeness (QED) is 0.348. The second kappa shape index (κ2) is 14.7. The van der Waals surface area contributed by atoms with Gasteiger partial charge in [0.2, 0.25) is 0 Å². The van der Waals surface area contributed by atoms with Crippen molar-refractivity contribution in [1.29, 1.82) is 0 Å². The van der Waals surface area contributed by atoms with Crippen molar-refractivity contribution in [3.05, 3.63) is 27.4 Å². The van der Waals surface area contributed by atoms with Crippen molar-refractivity contribution in [3.63, 3.8) is 0 Å². The van der Waals surface area contributed by atoms with Gasteiger partial charge >= 0.3 is 5.97 Å². The topological polar surface area (TPSA) is 112 Å². The molecule has 0 radical (unpaired) electrons. The van der Waals surface area contributed by atoms with Crippen molar-refractivity contribution in [2.45, 2.75) is 124 Å². The number of hydrogen-bond acceptors (Lipinski definition) is 9. The number of aryl methyl sites for hydroxylation is 2. The van der Waals surface area contributed by atoms with Crippen molar-refractivity contribution in [2.24, 2.45) is 17.8 Å². The van der Waals surface area contributed by atoms with Crippen molar-refractivity contribution < 1.29 is 14.6 Å². The number of alkyl halides is 2. The Balaban J connectivity index is 0.984. The molecule has 10 atom stereocenters. The highest BCUT2D eigenvalue weighted by molar-refractivity contribution is 8.00. The Hall–Kier alpha value is -0.920. The van der Waals surface area contributed by atoms with E-state index in [0.717, 1.165) is 101 Å². The molecule has 3 N–H and O–H groups in total. The number of aliphatic carboxylic acids is 1. The van der Waals surface area contributed by atoms with E-state index in [-0.39, 0.29) is 51.6 Å². The number of nitrogens with one attached hydrogen (secondary N) is 2. The number of nitrogens with zero attached hydrogens (tertiary/aromatic N) is 4. The lowest BCUT2D eigenvalue weighted by molar-refractivity contribution is -0.142. The van der Waals surface area contributed by atoms with Crippen LogP contribution in [0.3, 0.4) is 0 Å². The molecule has 5 fully saturated rings. The van der Waals surface area contributed by atoms with Crippen LogP contribution in [-0.4, -0.2) is 115 Å². The molecule has 7 rings (SSSR count). The van der Waals surface area contributed by atoms with E-state index in [9.17, 15) is 14.7 Å². The molecule has 0 bridgehead atoms. The average Bonchev–Trinajstić information content (AvgIpc) is 3.69. The number of hydrazine groups is 1. The van der Waals surface area contributed by atoms with Crippen molar-refractivity contribution in [3.8, 4) is 0 Å². The van der Waals surface area contributed by atoms with E-state index in [1.165, 1.54) is 0 Å². The highest BCUT2D eigenvalue weighted by Crippen LogP contribution is 2.48. The third-order valence-corrected chi connectivity index (χ3v) is 14.4. The predicted octanol–water partition coefficient (Wildman–Crippen LogP) is 3.28. The first-order chi connectivity index (χ1) is 22.7. The molecule has 4 saturated heterocycles. The smallest absolute Gasteiger partial charge is 0.308 e. The molecule has 0 amide bonds. The van der Waals surface area contributed by atoms with Crippen molar-refractivity contribution in [2.75, 3.05) is 38.5 Å². The van der Waals surface area contributed by atoms with Gasteiger partial charge in [-0.2, -0.15) is 11.8 Å². The number of thioether (sulfide) groups is 1. The zero-order chi connectivity index (χ0) is 32.8. The van der Waals surface area contributed by atoms with Gasteiger partial charge in [-0.15, -0.1) is 23.2 Å². The summed E-state index contributed by atoms with van der Waals surface area (Å²) in [5, 5.41) is 16.4. The number of ether oxygens (including phenoxy) is 1. The molecule has 5 heterocycles. The van der Waals surface area contributed by atoms with Crippen LogP contribution in [0, 0.1) is 24.7 Å². The molecule has 10 nitrogen and oxygen atoms in total. The van der Waals surface area contributed by atoms with Crippen LogP contribution in [0.25, 0.3) is 0 Å². The zero-order valence-corrected chi connectivity index (χ0v) is 30.1. The summed E-state index contributed by atoms with van der Waals surface area (Å²) in [7, 11) is 0. The first-order valence-electron chi connectivity index (χ1n) is 18.0. The molecule has 2 aliphatic carbocycles. The molecule has 0 spiro atoms. The van der Waals surface area contributed by atoms with Crippen LogP contribution in [-0.2, 0) is 28.9 Å². The number of hydrogen-bond donors (Lipinski definition) is 3. The lowest BCUT2D eigenvalue weighted by Crippen LogP contribution is -2.57. The third-order valence-electron chi connectivity index (χ3n) is 12.1. The first kappa shape index (κ1) is 34.5. The molecular weight excluding hydrogens is 659 g/mol. The second-order valence-corrected chi connectivity index (χ2v) is 17.5. The van der Waals surface area contributed by atoms with Crippen LogP contribution < -0.4 is 16.3 Å². The number of fused-ring (bicyclic) bond motifs is 2. The van der Waals surface area contributed by atoms with Gasteiger partial charge in [-0.05, 0) is 96.6 Å². The fourth-order valence-electron chi connectivity index (χ4n) is 9.70. The molecular formula is C34H52Cl2N6O4S. The van der Waals surface area contributed by atoms with Crippen LogP contribution in [0.4, 0.5) is 0 Å². The van der Waals surface area contributed by atoms with Gasteiger partial charge in [0, 0.05) is 59.2 Å². The number of carboxylic acid groups (broad SMARTS) is 1. The summed E-state index contributed by atoms with van der Waals surface area (Å²) in [6, 6.07) is 1.16. The number of carboxylic acids is 1. The summed E-state index contributed by atoms with van der Waals surface area (Å²) in [6.07, 6.45) is 8.70. The van der Waals surface area contributed by atoms with E-state index < -0.39 is 5.97 Å². The Labute approximate surface area is 293 Å². The van der Waals surface area contributed by atoms with E-state index in [1.807, 2.05) is 23.3 Å². The zero-order valence-electron chi connectivity index (χ0n) is 27.8. The summed E-state index contributed by atoms with van der Waals surface area (Å²) >= 11 is 14.9. The van der Waals surface area contributed by atoms with Gasteiger partial charge in [0.25, 0.3) is 5.56 Å². The van der Waals surface area contributed by atoms with Gasteiger partial charge < -0.3 is 15.2 Å². The van der Waals surface area contributed by atoms with E-state index in [4.69, 9.17) is 32.9 Å². The fraction of sp³-hybridized carbons (Fsp3) is 0.853. The van der Waals surface area contributed by atoms with Crippen LogP contribution >= 0.6 is 35.0 Å². The monoisotopic (exact) mass is 710 g/mol. The maximum Gasteiger partial charge on any atom is 0.308 e. The minimum atomic E-state index is -0.701. The minimum Gasteiger partial charge on any atom is -0.481 e. The molecule has 13 heteroatoms. The number of aromatic nitrogens is 2. The predicted molar refractivity (Wildman–Crippen MR) is 187 cm³/mol. The Kier molecular flexibility index (Phi) is 10.8. The molecule has 1 aromatic rings. The van der Waals surface area contributed by atoms with E-state index in [0.29, 0.717) is 36.9 Å². The fourth-order valence-corrected chi connectivity index (χ4v) is 12.1. The Morgan fingerprint density at radius 2 is 1.89 bits per heavy atom. The van der Waals surface area contributed by atoms with E-state index >= 15 is 0 Å². The summed E-state index contributed by atoms with van der Waals surface area (Å²) in [5.74, 6) is 1.01. The SMILES string of the molecule is Cc1nc2c(c(=O)n1CCOC1CCC(Cl)CC1C1CC(C)NC3C(C(=O)O)CSC13)C[C@@H](N1CCC(N3CC(Cl)CN3)CC1)CC2. The van der Waals surface area contributed by atoms with Gasteiger partial charge in [0.15, 0.2) is 0 Å². The standard InChI is InChI=1S/C34H52Cl2N6O4S/c1-19-13-26(32-31(38-19)28(18-47-32)34(44)45)25-14-21(35)3-6-30(25)46-12-11-41-20(2)39-29-5-4-24(15-27(29)33(41)43)40-9-7-23(8-10-40)42-17-22(36)16-37-42/h19,21-26,28,30-32,37-38H,3-18H2,1-2H3,(H,44,45)/t19?,21?,22?,24-,25?,26?,28?,30?,31?,32?/m0/s1. The summed E-state index contributed by atoms with van der Waals surface area (Å²) < 4.78 is 8.51. The highest BCUT2D eigenvalue weighted by atomic mass is 35.5. The lowest BCUT2D eigenvalue weighted by atomic mass is 9.70. The summed E-state index contributed by atoms with van der Waals surface area (Å²) in [4.78, 5) is 33.5. The molecule has 1 aromatic heterocycles. The molecule has 4 aliphatic heterocycles. The lowest BCUT2D eigenvalue weighted by Gasteiger charge is -2.47. The highest BCUT2D eigenvalue weighted by Gasteiger charge is 2.51. The van der Waals surface area contributed by atoms with Crippen molar-refractivity contribution in [1.82, 2.24) is 30.2 Å². The Bertz CT molecular complexity index is 1350. The van der Waals surface area contributed by atoms with Crippen LogP contribution in [0.1, 0.15) is 69.0 Å². The number of likely N-dealkylation sites (tertiary alicyclic amines) is 1. The van der Waals surface area contributed by atoms with Crippen molar-refractivity contribution >= 4 is 40.9 Å². The normalized spacial score (nSPS) is 38.7. The van der Waals surface area contributed by atoms with Crippen LogP contribution in [0.15, 0.2) is 4.79 Å². The number of carbonyl (C=O) groups is 1. The van der Waals surface area contributed by atoms with Crippen LogP contribution in [0.5, 0.6) is 0 Å². The van der Waals surface area contributed by atoms with E-state index in [1.54, 1.807) is 0 Å². The summed E-state index contributed by atoms with van der Waals surface area (Å²) in [6.45, 7) is 8.94. The minimum absolute atomic E-state index is 0.0127. The molecule has 1 saturated carbocycles. The second-order valence-electron chi connectivity index (χ2n) is 15.0. The molecule has 262 valence electrons. The molecule has 47 heavy (non-hydrogen) atoms. The molecule has 0 aromatic carbocycles. The van der Waals surface area contributed by atoms with Gasteiger partial charge in [-0.25, -0.2) is 9.99 Å². The first-order valence-corrected chi connectivity index (χ1v) is 19.9. The number of piperidine rings is 2. The maximum atomic E-state index is 13.9. The van der Waals surface area contributed by atoms with Gasteiger partial charge in [0.05, 0.1) is 36.2 Å². The molecule has 9 unspecified atom stereocenters. The van der Waals surface area contributed by atoms with Gasteiger partial charge in [0.1, 0.15) is 5.82 Å². The number of halogens is 2. The maximum absolute atomic E-state index is 13.9.